The van der Waals surface area contributed by atoms with Gasteiger partial charge in [0.15, 0.2) is 6.26 Å². The molecule has 3 aromatic rings. The van der Waals surface area contributed by atoms with Crippen molar-refractivity contribution >= 4 is 17.9 Å². The molecule has 0 bridgehead atoms. The third-order valence-corrected chi connectivity index (χ3v) is 7.03. The highest BCUT2D eigenvalue weighted by atomic mass is 17.2. The quantitative estimate of drug-likeness (QED) is 0.0199. The van der Waals surface area contributed by atoms with Gasteiger partial charge in [0.05, 0.1) is 32.0 Å². The number of unbranched alkanes of at least 4 members (excludes halogenated alkanes) is 2. The average Bonchev–Trinajstić information content (AvgIpc) is 3.11. The first-order valence-corrected chi connectivity index (χ1v) is 15.6. The SMILES string of the molecule is C=C=COOCCCCOc1ccc(OC(=O)C2=CCc3cc(OC(=O)c4ccc(OCCCCOC(=O)C=C)cc4)ccc3C2)cc1. The van der Waals surface area contributed by atoms with Crippen molar-refractivity contribution in [1.29, 1.82) is 0 Å². The topological polar surface area (TPSA) is 116 Å². The van der Waals surface area contributed by atoms with E-state index in [1.165, 1.54) is 6.26 Å². The molecular formula is C38H38O10. The van der Waals surface area contributed by atoms with E-state index in [9.17, 15) is 14.4 Å². The van der Waals surface area contributed by atoms with Crippen molar-refractivity contribution in [2.24, 2.45) is 0 Å². The Balaban J connectivity index is 1.18. The van der Waals surface area contributed by atoms with E-state index in [2.05, 4.69) is 18.9 Å². The molecule has 10 nitrogen and oxygen atoms in total. The maximum Gasteiger partial charge on any atom is 0.343 e. The Hall–Kier alpha value is -5.57. The van der Waals surface area contributed by atoms with Gasteiger partial charge in [0, 0.05) is 18.1 Å². The molecule has 0 saturated heterocycles. The van der Waals surface area contributed by atoms with Gasteiger partial charge in [-0.05, 0) is 104 Å². The van der Waals surface area contributed by atoms with Crippen LogP contribution in [0.4, 0.5) is 0 Å². The molecule has 1 aliphatic rings. The van der Waals surface area contributed by atoms with Gasteiger partial charge in [0.25, 0.3) is 0 Å². The Labute approximate surface area is 279 Å². The Kier molecular flexibility index (Phi) is 14.1. The molecule has 4 rings (SSSR count). The average molecular weight is 655 g/mol. The van der Waals surface area contributed by atoms with E-state index in [1.54, 1.807) is 54.6 Å². The molecule has 0 radical (unpaired) electrons. The monoisotopic (exact) mass is 654 g/mol. The Morgan fingerprint density at radius 2 is 1.31 bits per heavy atom. The van der Waals surface area contributed by atoms with Gasteiger partial charge >= 0.3 is 17.9 Å². The number of carbonyl (C=O) groups is 3. The van der Waals surface area contributed by atoms with Crippen LogP contribution in [0, 0.1) is 0 Å². The van der Waals surface area contributed by atoms with E-state index < -0.39 is 17.9 Å². The van der Waals surface area contributed by atoms with Gasteiger partial charge in [0.1, 0.15) is 23.0 Å². The predicted molar refractivity (Wildman–Crippen MR) is 177 cm³/mol. The smallest absolute Gasteiger partial charge is 0.343 e. The molecule has 250 valence electrons. The largest absolute Gasteiger partial charge is 0.494 e. The normalized spacial score (nSPS) is 11.5. The molecule has 3 aromatic carbocycles. The van der Waals surface area contributed by atoms with Crippen LogP contribution in [0.15, 0.2) is 110 Å². The Morgan fingerprint density at radius 3 is 2.00 bits per heavy atom. The van der Waals surface area contributed by atoms with Gasteiger partial charge in [-0.2, -0.15) is 4.89 Å². The van der Waals surface area contributed by atoms with Crippen LogP contribution in [-0.4, -0.2) is 44.3 Å². The molecule has 0 saturated carbocycles. The van der Waals surface area contributed by atoms with E-state index in [0.29, 0.717) is 86.2 Å². The van der Waals surface area contributed by atoms with Gasteiger partial charge in [-0.25, -0.2) is 14.4 Å². The van der Waals surface area contributed by atoms with E-state index in [-0.39, 0.29) is 0 Å². The molecule has 10 heteroatoms. The van der Waals surface area contributed by atoms with Crippen molar-refractivity contribution in [2.45, 2.75) is 38.5 Å². The Bertz CT molecular complexity index is 1620. The molecule has 0 atom stereocenters. The van der Waals surface area contributed by atoms with Gasteiger partial charge in [-0.1, -0.05) is 31.0 Å². The van der Waals surface area contributed by atoms with Crippen molar-refractivity contribution in [1.82, 2.24) is 0 Å². The lowest BCUT2D eigenvalue weighted by Crippen LogP contribution is -2.17. The third kappa shape index (κ3) is 11.7. The summed E-state index contributed by atoms with van der Waals surface area (Å²) in [5.74, 6) is 0.780. The number of carbonyl (C=O) groups excluding carboxylic acids is 3. The van der Waals surface area contributed by atoms with Gasteiger partial charge in [0.2, 0.25) is 0 Å². The van der Waals surface area contributed by atoms with E-state index >= 15 is 0 Å². The summed E-state index contributed by atoms with van der Waals surface area (Å²) in [4.78, 5) is 46.3. The molecule has 0 unspecified atom stereocenters. The van der Waals surface area contributed by atoms with Crippen LogP contribution in [0.25, 0.3) is 0 Å². The summed E-state index contributed by atoms with van der Waals surface area (Å²) < 4.78 is 27.5. The summed E-state index contributed by atoms with van der Waals surface area (Å²) in [5.41, 5.74) is 5.31. The zero-order valence-corrected chi connectivity index (χ0v) is 26.7. The summed E-state index contributed by atoms with van der Waals surface area (Å²) in [6.07, 6.45) is 8.04. The molecule has 1 aliphatic carbocycles. The fraction of sp³-hybridized carbons (Fsp3) is 0.263. The molecule has 0 fully saturated rings. The number of rotatable bonds is 19. The van der Waals surface area contributed by atoms with Crippen LogP contribution in [0.3, 0.4) is 0 Å². The molecule has 48 heavy (non-hydrogen) atoms. The molecule has 0 N–H and O–H groups in total. The first kappa shape index (κ1) is 35.3. The lowest BCUT2D eigenvalue weighted by molar-refractivity contribution is -0.249. The number of allylic oxidation sites excluding steroid dienone is 1. The van der Waals surface area contributed by atoms with Crippen LogP contribution >= 0.6 is 0 Å². The number of fused-ring (bicyclic) bond motifs is 1. The number of hydrogen-bond acceptors (Lipinski definition) is 10. The van der Waals surface area contributed by atoms with E-state index in [4.69, 9.17) is 33.5 Å². The minimum Gasteiger partial charge on any atom is -0.494 e. The van der Waals surface area contributed by atoms with Crippen LogP contribution in [-0.2, 0) is 36.9 Å². The summed E-state index contributed by atoms with van der Waals surface area (Å²) in [7, 11) is 0. The van der Waals surface area contributed by atoms with Crippen molar-refractivity contribution in [3.8, 4) is 23.0 Å². The number of ether oxygens (including phenoxy) is 5. The summed E-state index contributed by atoms with van der Waals surface area (Å²) in [6, 6.07) is 19.0. The molecule has 0 spiro atoms. The van der Waals surface area contributed by atoms with Crippen molar-refractivity contribution in [3.05, 3.63) is 126 Å². The Morgan fingerprint density at radius 1 is 0.708 bits per heavy atom. The number of benzene rings is 3. The second-order valence-corrected chi connectivity index (χ2v) is 10.5. The van der Waals surface area contributed by atoms with Crippen molar-refractivity contribution in [2.75, 3.05) is 26.4 Å². The molecule has 0 amide bonds. The van der Waals surface area contributed by atoms with E-state index in [1.807, 2.05) is 18.2 Å². The lowest BCUT2D eigenvalue weighted by Gasteiger charge is -2.17. The maximum absolute atomic E-state index is 12.9. The lowest BCUT2D eigenvalue weighted by atomic mass is 9.91. The molecule has 0 aliphatic heterocycles. The fourth-order valence-electron chi connectivity index (χ4n) is 4.52. The van der Waals surface area contributed by atoms with Crippen LogP contribution in [0.1, 0.15) is 47.2 Å². The zero-order chi connectivity index (χ0) is 34.0. The predicted octanol–water partition coefficient (Wildman–Crippen LogP) is 6.83. The first-order valence-electron chi connectivity index (χ1n) is 15.6. The summed E-state index contributed by atoms with van der Waals surface area (Å²) >= 11 is 0. The second kappa shape index (κ2) is 19.2. The third-order valence-electron chi connectivity index (χ3n) is 7.03. The van der Waals surface area contributed by atoms with Crippen molar-refractivity contribution in [3.63, 3.8) is 0 Å². The van der Waals surface area contributed by atoms with Crippen LogP contribution in [0.5, 0.6) is 23.0 Å². The van der Waals surface area contributed by atoms with E-state index in [0.717, 1.165) is 30.0 Å². The standard InChI is InChI=1S/C38H38O10/c1-3-21-45-46-25-8-7-23-43-33-17-19-34(20-18-33)47-38(41)31-10-9-30-27-35(16-13-29(30)26-31)48-37(40)28-11-14-32(15-12-28)42-22-5-6-24-44-36(39)4-2/h4,10-21,27H,1-2,5-9,22-26H2. The molecule has 0 heterocycles. The minimum atomic E-state index is -0.491. The van der Waals surface area contributed by atoms with Crippen LogP contribution in [0.2, 0.25) is 0 Å². The van der Waals surface area contributed by atoms with Gasteiger partial charge < -0.3 is 28.6 Å². The van der Waals surface area contributed by atoms with Crippen molar-refractivity contribution < 1.29 is 47.8 Å². The number of hydrogen-bond donors (Lipinski definition) is 0. The first-order chi connectivity index (χ1) is 23.4. The second-order valence-electron chi connectivity index (χ2n) is 10.5. The van der Waals surface area contributed by atoms with Gasteiger partial charge in [-0.15, -0.1) is 0 Å². The number of esters is 3. The fourth-order valence-corrected chi connectivity index (χ4v) is 4.52. The molecular weight excluding hydrogens is 616 g/mol. The van der Waals surface area contributed by atoms with Crippen LogP contribution < -0.4 is 18.9 Å². The highest BCUT2D eigenvalue weighted by molar-refractivity contribution is 5.92. The maximum atomic E-state index is 12.9. The molecule has 0 aromatic heterocycles. The summed E-state index contributed by atoms with van der Waals surface area (Å²) in [5, 5.41) is 0. The highest BCUT2D eigenvalue weighted by Gasteiger charge is 2.20. The highest BCUT2D eigenvalue weighted by Crippen LogP contribution is 2.27. The zero-order valence-electron chi connectivity index (χ0n) is 26.7. The van der Waals surface area contributed by atoms with Gasteiger partial charge in [-0.3, -0.25) is 0 Å². The summed E-state index contributed by atoms with van der Waals surface area (Å²) in [6.45, 7) is 8.42. The minimum absolute atomic E-state index is 0.309.